The van der Waals surface area contributed by atoms with E-state index in [4.69, 9.17) is 13.9 Å². The summed E-state index contributed by atoms with van der Waals surface area (Å²) in [5.74, 6) is 0.0555. The summed E-state index contributed by atoms with van der Waals surface area (Å²) in [6.45, 7) is 6.33. The summed E-state index contributed by atoms with van der Waals surface area (Å²) >= 11 is 1.62. The van der Waals surface area contributed by atoms with Gasteiger partial charge in [0.2, 0.25) is 0 Å². The smallest absolute Gasteiger partial charge is 0.297 e. The van der Waals surface area contributed by atoms with Crippen LogP contribution in [0.2, 0.25) is 0 Å². The van der Waals surface area contributed by atoms with Crippen molar-refractivity contribution >= 4 is 45.3 Å². The second kappa shape index (κ2) is 11.0. The van der Waals surface area contributed by atoms with Crippen molar-refractivity contribution in [3.05, 3.63) is 52.7 Å². The number of H-pyrrole nitrogens is 1. The number of anilines is 2. The number of ether oxygens (including phenoxy) is 2. The van der Waals surface area contributed by atoms with Crippen molar-refractivity contribution in [1.29, 1.82) is 0 Å². The van der Waals surface area contributed by atoms with Crippen LogP contribution in [0.5, 0.6) is 0 Å². The molecule has 12 heteroatoms. The number of thioether (sulfide) groups is 1. The Kier molecular flexibility index (Phi) is 7.41. The lowest BCUT2D eigenvalue weighted by atomic mass is 9.90. The summed E-state index contributed by atoms with van der Waals surface area (Å²) in [6.07, 6.45) is 3.14. The van der Waals surface area contributed by atoms with Crippen molar-refractivity contribution in [2.75, 3.05) is 55.5 Å². The van der Waals surface area contributed by atoms with Gasteiger partial charge in [0.1, 0.15) is 22.4 Å². The molecule has 0 radical (unpaired) electrons. The third-order valence-corrected chi connectivity index (χ3v) is 8.57. The van der Waals surface area contributed by atoms with Gasteiger partial charge in [-0.25, -0.2) is 18.7 Å². The minimum atomic E-state index is -2.69. The molecule has 9 nitrogen and oxygen atoms in total. The van der Waals surface area contributed by atoms with Gasteiger partial charge in [-0.2, -0.15) is 0 Å². The van der Waals surface area contributed by atoms with Gasteiger partial charge in [-0.3, -0.25) is 4.79 Å². The summed E-state index contributed by atoms with van der Waals surface area (Å²) in [4.78, 5) is 28.1. The standard InChI is InChI=1S/C15H13F2N3O.C13H18N2O3S/c16-13(17)14-18-11-9-5-1-2-6-10(9)21-12(11)15(19-14)20-7-3-4-8-20;1-9-13(7-17-8-13)18-4-3-15(9)11-5-10(19-2)6-14-12(11)16/h1-2,5-6,13H,3-4,7-8H2;5-6,9H,3-4,7-8H2,1-2H3,(H,14,16). The molecule has 1 spiro atoms. The first-order chi connectivity index (χ1) is 19.4. The van der Waals surface area contributed by atoms with Crippen molar-refractivity contribution in [2.45, 2.75) is 42.7 Å². The van der Waals surface area contributed by atoms with Crippen molar-refractivity contribution in [2.24, 2.45) is 0 Å². The Morgan fingerprint density at radius 3 is 2.62 bits per heavy atom. The first-order valence-electron chi connectivity index (χ1n) is 13.4. The molecule has 0 aliphatic carbocycles. The van der Waals surface area contributed by atoms with Crippen LogP contribution in [0.15, 0.2) is 50.6 Å². The Hall–Kier alpha value is -3.22. The summed E-state index contributed by atoms with van der Waals surface area (Å²) in [5, 5.41) is 0.747. The molecule has 3 fully saturated rings. The van der Waals surface area contributed by atoms with Crippen LogP contribution < -0.4 is 15.4 Å². The van der Waals surface area contributed by atoms with Crippen LogP contribution in [0.3, 0.4) is 0 Å². The monoisotopic (exact) mass is 571 g/mol. The molecule has 0 bridgehead atoms. The van der Waals surface area contributed by atoms with Crippen LogP contribution >= 0.6 is 11.8 Å². The van der Waals surface area contributed by atoms with Gasteiger partial charge < -0.3 is 28.7 Å². The van der Waals surface area contributed by atoms with Crippen molar-refractivity contribution in [3.8, 4) is 0 Å². The third kappa shape index (κ3) is 4.82. The summed E-state index contributed by atoms with van der Waals surface area (Å²) in [7, 11) is 0. The van der Waals surface area contributed by atoms with Crippen molar-refractivity contribution in [1.82, 2.24) is 15.0 Å². The number of fused-ring (bicyclic) bond motifs is 3. The third-order valence-electron chi connectivity index (χ3n) is 7.87. The molecule has 0 saturated carbocycles. The molecule has 40 heavy (non-hydrogen) atoms. The number of benzene rings is 1. The van der Waals surface area contributed by atoms with Crippen LogP contribution in [0.1, 0.15) is 32.0 Å². The number of alkyl halides is 2. The largest absolute Gasteiger partial charge is 0.450 e. The number of pyridine rings is 1. The number of halogens is 2. The van der Waals surface area contributed by atoms with Gasteiger partial charge in [-0.15, -0.1) is 11.8 Å². The minimum absolute atomic E-state index is 0.0399. The number of nitrogens with zero attached hydrogens (tertiary/aromatic N) is 4. The molecule has 3 saturated heterocycles. The summed E-state index contributed by atoms with van der Waals surface area (Å²) in [5.41, 5.74) is 2.07. The number of aromatic nitrogens is 3. The highest BCUT2D eigenvalue weighted by molar-refractivity contribution is 7.98. The number of para-hydroxylation sites is 1. The molecule has 1 atom stereocenters. The summed E-state index contributed by atoms with van der Waals surface area (Å²) in [6, 6.07) is 9.44. The molecule has 0 amide bonds. The van der Waals surface area contributed by atoms with E-state index in [0.717, 1.165) is 48.4 Å². The lowest BCUT2D eigenvalue weighted by molar-refractivity contribution is -0.228. The number of nitrogens with one attached hydrogen (secondary N) is 1. The first kappa shape index (κ1) is 27.0. The van der Waals surface area contributed by atoms with Gasteiger partial charge in [-0.1, -0.05) is 12.1 Å². The number of aromatic amines is 1. The second-order valence-corrected chi connectivity index (χ2v) is 11.1. The van der Waals surface area contributed by atoms with Gasteiger partial charge in [0.25, 0.3) is 12.0 Å². The topological polar surface area (TPSA) is 96.7 Å². The SMILES string of the molecule is CSc1c[nH]c(=O)c(N2CCOC3(COC3)C2C)c1.FC(F)c1nc(N2CCCC2)c2oc3ccccc3c2n1. The molecular formula is C28H31F2N5O4S. The van der Waals surface area contributed by atoms with Crippen molar-refractivity contribution < 1.29 is 22.7 Å². The van der Waals surface area contributed by atoms with Crippen LogP contribution in [-0.4, -0.2) is 72.3 Å². The van der Waals surface area contributed by atoms with Gasteiger partial charge in [0.15, 0.2) is 17.2 Å². The maximum atomic E-state index is 13.1. The number of furan rings is 1. The number of morpholine rings is 1. The molecule has 7 rings (SSSR count). The minimum Gasteiger partial charge on any atom is -0.450 e. The highest BCUT2D eigenvalue weighted by atomic mass is 32.2. The van der Waals surface area contributed by atoms with E-state index in [1.165, 1.54) is 0 Å². The quantitative estimate of drug-likeness (QED) is 0.339. The summed E-state index contributed by atoms with van der Waals surface area (Å²) < 4.78 is 43.2. The van der Waals surface area contributed by atoms with Gasteiger partial charge >= 0.3 is 0 Å². The van der Waals surface area contributed by atoms with Crippen LogP contribution in [0.25, 0.3) is 22.1 Å². The Labute approximate surface area is 233 Å². The zero-order valence-corrected chi connectivity index (χ0v) is 23.2. The van der Waals surface area contributed by atoms with E-state index in [0.29, 0.717) is 42.3 Å². The zero-order chi connectivity index (χ0) is 27.9. The predicted molar refractivity (Wildman–Crippen MR) is 151 cm³/mol. The molecule has 212 valence electrons. The number of hydrogen-bond donors (Lipinski definition) is 1. The molecule has 1 N–H and O–H groups in total. The van der Waals surface area contributed by atoms with Gasteiger partial charge in [0.05, 0.1) is 25.9 Å². The van der Waals surface area contributed by atoms with E-state index >= 15 is 0 Å². The maximum Gasteiger partial charge on any atom is 0.297 e. The van der Waals surface area contributed by atoms with Gasteiger partial charge in [0, 0.05) is 36.1 Å². The number of hydrogen-bond acceptors (Lipinski definition) is 9. The van der Waals surface area contributed by atoms with Crippen LogP contribution in [0, 0.1) is 0 Å². The molecule has 4 aromatic rings. The molecule has 3 aliphatic rings. The predicted octanol–water partition coefficient (Wildman–Crippen LogP) is 5.00. The molecule has 1 aromatic carbocycles. The lowest BCUT2D eigenvalue weighted by Crippen LogP contribution is -2.68. The van der Waals surface area contributed by atoms with E-state index in [2.05, 4.69) is 26.8 Å². The average Bonchev–Trinajstić information content (AvgIpc) is 3.61. The van der Waals surface area contributed by atoms with E-state index in [1.807, 2.05) is 41.5 Å². The average molecular weight is 572 g/mol. The Morgan fingerprint density at radius 1 is 1.15 bits per heavy atom. The van der Waals surface area contributed by atoms with Crippen molar-refractivity contribution in [3.63, 3.8) is 0 Å². The normalized spacial score (nSPS) is 20.3. The van der Waals surface area contributed by atoms with Gasteiger partial charge in [-0.05, 0) is 44.2 Å². The van der Waals surface area contributed by atoms with Crippen LogP contribution in [-0.2, 0) is 9.47 Å². The van der Waals surface area contributed by atoms with E-state index in [1.54, 1.807) is 18.0 Å². The maximum absolute atomic E-state index is 13.1. The Morgan fingerprint density at radius 2 is 1.93 bits per heavy atom. The fourth-order valence-electron chi connectivity index (χ4n) is 5.52. The fraction of sp³-hybridized carbons (Fsp3) is 0.464. The molecule has 1 unspecified atom stereocenters. The molecule has 3 aromatic heterocycles. The Bertz CT molecular complexity index is 1570. The molecule has 6 heterocycles. The van der Waals surface area contributed by atoms with E-state index in [9.17, 15) is 13.6 Å². The fourth-order valence-corrected chi connectivity index (χ4v) is 5.93. The number of rotatable bonds is 4. The first-order valence-corrected chi connectivity index (χ1v) is 14.6. The Balaban J connectivity index is 0.000000145. The van der Waals surface area contributed by atoms with E-state index in [-0.39, 0.29) is 17.2 Å². The zero-order valence-electron chi connectivity index (χ0n) is 22.4. The highest BCUT2D eigenvalue weighted by Crippen LogP contribution is 2.36. The van der Waals surface area contributed by atoms with Crippen LogP contribution in [0.4, 0.5) is 20.3 Å². The second-order valence-electron chi connectivity index (χ2n) is 10.2. The molecule has 3 aliphatic heterocycles. The highest BCUT2D eigenvalue weighted by Gasteiger charge is 2.50. The lowest BCUT2D eigenvalue weighted by Gasteiger charge is -2.53. The molecular weight excluding hydrogens is 540 g/mol. The van der Waals surface area contributed by atoms with E-state index < -0.39 is 12.2 Å².